The van der Waals surface area contributed by atoms with Gasteiger partial charge in [-0.3, -0.25) is 4.99 Å². The molecule has 1 amide bonds. The quantitative estimate of drug-likeness (QED) is 0.228. The van der Waals surface area contributed by atoms with Crippen molar-refractivity contribution in [1.82, 2.24) is 5.32 Å². The van der Waals surface area contributed by atoms with Gasteiger partial charge in [0.1, 0.15) is 5.60 Å². The Bertz CT molecular complexity index is 800. The summed E-state index contributed by atoms with van der Waals surface area (Å²) < 4.78 is 5.45. The number of amides is 1. The van der Waals surface area contributed by atoms with Gasteiger partial charge < -0.3 is 10.1 Å². The van der Waals surface area contributed by atoms with E-state index in [-0.39, 0.29) is 12.1 Å². The predicted octanol–water partition coefficient (Wildman–Crippen LogP) is 7.95. The van der Waals surface area contributed by atoms with Crippen LogP contribution in [0.5, 0.6) is 0 Å². The maximum atomic E-state index is 12.3. The Labute approximate surface area is 207 Å². The molecule has 4 nitrogen and oxygen atoms in total. The molecule has 0 spiro atoms. The van der Waals surface area contributed by atoms with Crippen LogP contribution in [0.1, 0.15) is 96.6 Å². The van der Waals surface area contributed by atoms with Crippen molar-refractivity contribution in [3.63, 3.8) is 0 Å². The first kappa shape index (κ1) is 27.6. The third-order valence-corrected chi connectivity index (χ3v) is 5.68. The van der Waals surface area contributed by atoms with Crippen LogP contribution in [-0.4, -0.2) is 30.0 Å². The van der Waals surface area contributed by atoms with E-state index in [9.17, 15) is 4.79 Å². The molecule has 0 aliphatic heterocycles. The highest BCUT2D eigenvalue weighted by molar-refractivity contribution is 6.12. The van der Waals surface area contributed by atoms with Gasteiger partial charge in [-0.05, 0) is 27.2 Å². The molecular formula is C30H44N2O2. The zero-order valence-corrected chi connectivity index (χ0v) is 21.7. The Kier molecular flexibility index (Phi) is 12.4. The fourth-order valence-electron chi connectivity index (χ4n) is 3.93. The average molecular weight is 465 g/mol. The molecule has 1 N–H and O–H groups in total. The SMILES string of the molecule is CCCCCCCCCC[C@H](CNC(=O)OC(C)(C)C)N=C(c1ccccc1)c1ccccc1. The maximum absolute atomic E-state index is 12.3. The summed E-state index contributed by atoms with van der Waals surface area (Å²) in [5, 5.41) is 2.95. The lowest BCUT2D eigenvalue weighted by Crippen LogP contribution is -2.36. The molecule has 0 fully saturated rings. The van der Waals surface area contributed by atoms with E-state index in [1.165, 1.54) is 44.9 Å². The number of nitrogens with one attached hydrogen (secondary N) is 1. The van der Waals surface area contributed by atoms with E-state index in [2.05, 4.69) is 36.5 Å². The highest BCUT2D eigenvalue weighted by Gasteiger charge is 2.18. The molecule has 0 aromatic heterocycles. The molecule has 0 unspecified atom stereocenters. The van der Waals surface area contributed by atoms with Crippen LogP contribution in [0.3, 0.4) is 0 Å². The molecule has 1 atom stereocenters. The topological polar surface area (TPSA) is 50.7 Å². The average Bonchev–Trinajstić information content (AvgIpc) is 2.82. The van der Waals surface area contributed by atoms with Gasteiger partial charge in [-0.1, -0.05) is 119 Å². The van der Waals surface area contributed by atoms with E-state index in [0.29, 0.717) is 6.54 Å². The molecule has 0 saturated carbocycles. The van der Waals surface area contributed by atoms with Crippen molar-refractivity contribution in [3.8, 4) is 0 Å². The lowest BCUT2D eigenvalue weighted by atomic mass is 10.0. The molecule has 2 aromatic rings. The summed E-state index contributed by atoms with van der Waals surface area (Å²) in [7, 11) is 0. The number of aliphatic imine (C=N–C) groups is 1. The van der Waals surface area contributed by atoms with E-state index < -0.39 is 5.60 Å². The van der Waals surface area contributed by atoms with Gasteiger partial charge in [0.05, 0.1) is 11.8 Å². The molecule has 4 heteroatoms. The van der Waals surface area contributed by atoms with E-state index >= 15 is 0 Å². The van der Waals surface area contributed by atoms with E-state index in [1.54, 1.807) is 0 Å². The van der Waals surface area contributed by atoms with Crippen molar-refractivity contribution >= 4 is 11.8 Å². The van der Waals surface area contributed by atoms with Gasteiger partial charge in [0.15, 0.2) is 0 Å². The second-order valence-electron chi connectivity index (χ2n) is 10.0. The van der Waals surface area contributed by atoms with Crippen LogP contribution in [0.4, 0.5) is 4.79 Å². The monoisotopic (exact) mass is 464 g/mol. The van der Waals surface area contributed by atoms with Gasteiger partial charge in [0.2, 0.25) is 0 Å². The third kappa shape index (κ3) is 11.5. The number of carbonyl (C=O) groups excluding carboxylic acids is 1. The summed E-state index contributed by atoms with van der Waals surface area (Å²) in [6.45, 7) is 8.36. The Morgan fingerprint density at radius 1 is 0.824 bits per heavy atom. The first-order valence-electron chi connectivity index (χ1n) is 13.0. The number of unbranched alkanes of at least 4 members (excludes halogenated alkanes) is 7. The minimum absolute atomic E-state index is 0.0111. The number of alkyl carbamates (subject to hydrolysis) is 1. The molecule has 2 aromatic carbocycles. The lowest BCUT2D eigenvalue weighted by Gasteiger charge is -2.21. The summed E-state index contributed by atoms with van der Waals surface area (Å²) in [5.41, 5.74) is 2.63. The summed E-state index contributed by atoms with van der Waals surface area (Å²) >= 11 is 0. The Morgan fingerprint density at radius 3 is 1.82 bits per heavy atom. The van der Waals surface area contributed by atoms with Crippen molar-refractivity contribution < 1.29 is 9.53 Å². The maximum Gasteiger partial charge on any atom is 0.407 e. The molecule has 0 radical (unpaired) electrons. The molecule has 2 rings (SSSR count). The first-order valence-corrected chi connectivity index (χ1v) is 13.0. The summed E-state index contributed by atoms with van der Waals surface area (Å²) in [6, 6.07) is 20.6. The van der Waals surface area contributed by atoms with E-state index in [0.717, 1.165) is 29.7 Å². The molecule has 0 aliphatic carbocycles. The van der Waals surface area contributed by atoms with Crippen molar-refractivity contribution in [2.75, 3.05) is 6.54 Å². The van der Waals surface area contributed by atoms with Crippen LogP contribution < -0.4 is 5.32 Å². The van der Waals surface area contributed by atoms with Crippen LogP contribution in [0.25, 0.3) is 0 Å². The number of rotatable bonds is 14. The second kappa shape index (κ2) is 15.3. The van der Waals surface area contributed by atoms with Crippen molar-refractivity contribution in [3.05, 3.63) is 71.8 Å². The normalized spacial score (nSPS) is 12.1. The minimum Gasteiger partial charge on any atom is -0.444 e. The molecule has 0 saturated heterocycles. The number of nitrogens with zero attached hydrogens (tertiary/aromatic N) is 1. The second-order valence-corrected chi connectivity index (χ2v) is 10.0. The Morgan fingerprint density at radius 2 is 1.32 bits per heavy atom. The van der Waals surface area contributed by atoms with Gasteiger partial charge in [-0.15, -0.1) is 0 Å². The molecule has 0 heterocycles. The van der Waals surface area contributed by atoms with Gasteiger partial charge in [-0.25, -0.2) is 4.79 Å². The largest absolute Gasteiger partial charge is 0.444 e. The number of hydrogen-bond acceptors (Lipinski definition) is 3. The molecule has 0 aliphatic rings. The number of carbonyl (C=O) groups is 1. The Hall–Kier alpha value is -2.62. The third-order valence-electron chi connectivity index (χ3n) is 5.68. The molecule has 34 heavy (non-hydrogen) atoms. The van der Waals surface area contributed by atoms with Gasteiger partial charge in [0, 0.05) is 17.7 Å². The van der Waals surface area contributed by atoms with Gasteiger partial charge in [0.25, 0.3) is 0 Å². The highest BCUT2D eigenvalue weighted by Crippen LogP contribution is 2.16. The number of ether oxygens (including phenoxy) is 1. The molecule has 186 valence electrons. The zero-order chi connectivity index (χ0) is 24.7. The van der Waals surface area contributed by atoms with Crippen LogP contribution in [0.15, 0.2) is 65.7 Å². The Balaban J connectivity index is 2.10. The minimum atomic E-state index is -0.514. The van der Waals surface area contributed by atoms with Crippen molar-refractivity contribution in [2.24, 2.45) is 4.99 Å². The smallest absolute Gasteiger partial charge is 0.407 e. The fourth-order valence-corrected chi connectivity index (χ4v) is 3.93. The van der Waals surface area contributed by atoms with Crippen LogP contribution in [0, 0.1) is 0 Å². The standard InChI is InChI=1S/C30H44N2O2/c1-5-6-7-8-9-10-11-18-23-27(24-31-29(33)34-30(2,3)4)32-28(25-19-14-12-15-20-25)26-21-16-13-17-22-26/h12-17,19-22,27H,5-11,18,23-24H2,1-4H3,(H,31,33)/t27-/m1/s1. The first-order chi connectivity index (χ1) is 16.4. The fraction of sp³-hybridized carbons (Fsp3) is 0.533. The molecule has 0 bridgehead atoms. The summed E-state index contributed by atoms with van der Waals surface area (Å²) in [6.07, 6.45) is 10.8. The van der Waals surface area contributed by atoms with Crippen LogP contribution >= 0.6 is 0 Å². The van der Waals surface area contributed by atoms with Crippen molar-refractivity contribution in [2.45, 2.75) is 97.1 Å². The zero-order valence-electron chi connectivity index (χ0n) is 21.7. The predicted molar refractivity (Wildman–Crippen MR) is 144 cm³/mol. The van der Waals surface area contributed by atoms with Crippen molar-refractivity contribution in [1.29, 1.82) is 0 Å². The highest BCUT2D eigenvalue weighted by atomic mass is 16.6. The van der Waals surface area contributed by atoms with E-state index in [4.69, 9.17) is 9.73 Å². The van der Waals surface area contributed by atoms with Gasteiger partial charge in [-0.2, -0.15) is 0 Å². The number of benzene rings is 2. The molecular weight excluding hydrogens is 420 g/mol. The van der Waals surface area contributed by atoms with Gasteiger partial charge >= 0.3 is 6.09 Å². The lowest BCUT2D eigenvalue weighted by molar-refractivity contribution is 0.0524. The number of hydrogen-bond donors (Lipinski definition) is 1. The van der Waals surface area contributed by atoms with Crippen LogP contribution in [0.2, 0.25) is 0 Å². The van der Waals surface area contributed by atoms with Crippen LogP contribution in [-0.2, 0) is 4.74 Å². The summed E-state index contributed by atoms with van der Waals surface area (Å²) in [5.74, 6) is 0. The van der Waals surface area contributed by atoms with E-state index in [1.807, 2.05) is 57.2 Å². The summed E-state index contributed by atoms with van der Waals surface area (Å²) in [4.78, 5) is 17.5.